The molecular weight excluding hydrogens is 843 g/mol. The molecule has 15 aromatic rings. The highest BCUT2D eigenvalue weighted by atomic mass is 16.3. The van der Waals surface area contributed by atoms with Gasteiger partial charge >= 0.3 is 0 Å². The van der Waals surface area contributed by atoms with Crippen molar-refractivity contribution < 1.29 is 4.42 Å². The van der Waals surface area contributed by atoms with Crippen LogP contribution in [0.25, 0.3) is 143 Å². The molecule has 0 aliphatic heterocycles. The van der Waals surface area contributed by atoms with Crippen LogP contribution in [0.1, 0.15) is 0 Å². The molecule has 69 heavy (non-hydrogen) atoms. The first-order chi connectivity index (χ1) is 34.2. The van der Waals surface area contributed by atoms with E-state index in [1.165, 1.54) is 32.3 Å². The number of aromatic nitrogens is 5. The predicted molar refractivity (Wildman–Crippen MR) is 285 cm³/mol. The molecule has 0 N–H and O–H groups in total. The summed E-state index contributed by atoms with van der Waals surface area (Å²) in [6.07, 6.45) is 0. The van der Waals surface area contributed by atoms with Gasteiger partial charge in [-0.15, -0.1) is 0 Å². The first-order valence-electron chi connectivity index (χ1n) is 23.3. The zero-order chi connectivity index (χ0) is 45.2. The van der Waals surface area contributed by atoms with Crippen molar-refractivity contribution in [1.82, 2.24) is 24.1 Å². The summed E-state index contributed by atoms with van der Waals surface area (Å²) in [7, 11) is 0. The van der Waals surface area contributed by atoms with Crippen LogP contribution < -0.4 is 0 Å². The summed E-state index contributed by atoms with van der Waals surface area (Å²) in [5.41, 5.74) is 10.7. The molecule has 15 rings (SSSR count). The fraction of sp³-hybridized carbons (Fsp3) is 0. The van der Waals surface area contributed by atoms with Crippen LogP contribution in [-0.4, -0.2) is 24.1 Å². The maximum Gasteiger partial charge on any atom is 0.166 e. The van der Waals surface area contributed by atoms with Crippen molar-refractivity contribution in [2.45, 2.75) is 0 Å². The number of furan rings is 1. The first kappa shape index (κ1) is 37.8. The molecule has 0 amide bonds. The highest BCUT2D eigenvalue weighted by Gasteiger charge is 2.26. The van der Waals surface area contributed by atoms with Gasteiger partial charge in [-0.2, -0.15) is 0 Å². The molecule has 6 nitrogen and oxygen atoms in total. The van der Waals surface area contributed by atoms with Gasteiger partial charge in [0.2, 0.25) is 0 Å². The molecule has 0 bridgehead atoms. The van der Waals surface area contributed by atoms with Crippen molar-refractivity contribution in [3.63, 3.8) is 0 Å². The van der Waals surface area contributed by atoms with Crippen molar-refractivity contribution >= 4 is 97.9 Å². The maximum absolute atomic E-state index is 6.72. The van der Waals surface area contributed by atoms with Crippen LogP contribution in [0.5, 0.6) is 0 Å². The van der Waals surface area contributed by atoms with E-state index in [-0.39, 0.29) is 0 Å². The third kappa shape index (κ3) is 5.69. The Balaban J connectivity index is 1.07. The minimum Gasteiger partial charge on any atom is -0.456 e. The van der Waals surface area contributed by atoms with Crippen molar-refractivity contribution in [3.05, 3.63) is 224 Å². The molecule has 0 spiro atoms. The quantitative estimate of drug-likeness (QED) is 0.173. The molecular formula is C63H37N5O. The molecule has 0 unspecified atom stereocenters. The summed E-state index contributed by atoms with van der Waals surface area (Å²) in [5.74, 6) is 1.73. The standard InChI is InChI=1S/C63H37N5O/c1-2-19-45(20-3-1)67-52-24-12-10-22-47(52)48-30-28-44(37-54(48)67)62-64-61(43-27-26-38-14-4-5-16-40(38)34-43)65-63(66-62)50-31-33-57-59(49-23-11-13-25-56(49)69-57)60(50)68-53-32-29-39-15-8-9-21-46(39)58(53)51-35-41-17-6-7-18-42(41)36-55(51)68/h1-37H. The molecule has 0 aliphatic carbocycles. The zero-order valence-corrected chi connectivity index (χ0v) is 37.0. The van der Waals surface area contributed by atoms with Gasteiger partial charge in [-0.05, 0) is 99.0 Å². The minimum absolute atomic E-state index is 0.561. The Bertz CT molecular complexity index is 4620. The lowest BCUT2D eigenvalue weighted by molar-refractivity contribution is 0.669. The number of fused-ring (bicyclic) bond motifs is 13. The Morgan fingerprint density at radius 3 is 1.72 bits per heavy atom. The van der Waals surface area contributed by atoms with Gasteiger partial charge in [0, 0.05) is 49.3 Å². The maximum atomic E-state index is 6.72. The van der Waals surface area contributed by atoms with E-state index in [1.54, 1.807) is 0 Å². The van der Waals surface area contributed by atoms with Crippen LogP contribution in [0.15, 0.2) is 229 Å². The third-order valence-corrected chi connectivity index (χ3v) is 14.1. The Morgan fingerprint density at radius 1 is 0.304 bits per heavy atom. The van der Waals surface area contributed by atoms with E-state index < -0.39 is 0 Å². The Morgan fingerprint density at radius 2 is 0.899 bits per heavy atom. The fourth-order valence-corrected chi connectivity index (χ4v) is 11.0. The second kappa shape index (κ2) is 14.6. The van der Waals surface area contributed by atoms with Crippen molar-refractivity contribution in [2.24, 2.45) is 0 Å². The second-order valence-electron chi connectivity index (χ2n) is 18.0. The zero-order valence-electron chi connectivity index (χ0n) is 37.0. The van der Waals surface area contributed by atoms with Gasteiger partial charge < -0.3 is 13.6 Å². The third-order valence-electron chi connectivity index (χ3n) is 14.1. The Hall–Kier alpha value is -9.39. The van der Waals surface area contributed by atoms with Crippen LogP contribution in [0, 0.1) is 0 Å². The summed E-state index contributed by atoms with van der Waals surface area (Å²) in [6, 6.07) is 79.8. The van der Waals surface area contributed by atoms with Gasteiger partial charge in [-0.3, -0.25) is 0 Å². The van der Waals surface area contributed by atoms with E-state index in [1.807, 2.05) is 6.07 Å². The Labute approximate surface area is 394 Å². The van der Waals surface area contributed by atoms with Crippen molar-refractivity contribution in [2.75, 3.05) is 0 Å². The predicted octanol–water partition coefficient (Wildman–Crippen LogP) is 16.4. The smallest absolute Gasteiger partial charge is 0.166 e. The molecule has 0 radical (unpaired) electrons. The summed E-state index contributed by atoms with van der Waals surface area (Å²) in [5, 5.41) is 13.7. The average molecular weight is 880 g/mol. The van der Waals surface area contributed by atoms with E-state index in [9.17, 15) is 0 Å². The first-order valence-corrected chi connectivity index (χ1v) is 23.3. The molecule has 320 valence electrons. The monoisotopic (exact) mass is 879 g/mol. The molecule has 6 heteroatoms. The highest BCUT2D eigenvalue weighted by molar-refractivity contribution is 6.25. The largest absolute Gasteiger partial charge is 0.456 e. The number of hydrogen-bond acceptors (Lipinski definition) is 4. The summed E-state index contributed by atoms with van der Waals surface area (Å²) in [4.78, 5) is 16.4. The van der Waals surface area contributed by atoms with Crippen LogP contribution in [0.4, 0.5) is 0 Å². The molecule has 0 saturated carbocycles. The van der Waals surface area contributed by atoms with Crippen molar-refractivity contribution in [1.29, 1.82) is 0 Å². The lowest BCUT2D eigenvalue weighted by atomic mass is 10.0. The second-order valence-corrected chi connectivity index (χ2v) is 18.0. The van der Waals surface area contributed by atoms with Crippen molar-refractivity contribution in [3.8, 4) is 45.5 Å². The van der Waals surface area contributed by atoms with Gasteiger partial charge in [-0.1, -0.05) is 158 Å². The molecule has 0 saturated heterocycles. The van der Waals surface area contributed by atoms with Gasteiger partial charge in [0.1, 0.15) is 11.2 Å². The van der Waals surface area contributed by atoms with Gasteiger partial charge in [0.25, 0.3) is 0 Å². The lowest BCUT2D eigenvalue weighted by Crippen LogP contribution is -2.04. The molecule has 0 atom stereocenters. The molecule has 0 aliphatic rings. The SMILES string of the molecule is c1ccc(-n2c3ccccc3c3ccc(-c4nc(-c5ccc6ccccc6c5)nc(-c5ccc6oc7ccccc7c6c5-n5c6cc7ccccc7cc6c6c7ccccc7ccc65)n4)cc32)cc1. The van der Waals surface area contributed by atoms with E-state index in [2.05, 4.69) is 228 Å². The molecule has 4 heterocycles. The van der Waals surface area contributed by atoms with E-state index >= 15 is 0 Å². The molecule has 11 aromatic carbocycles. The molecule has 0 fully saturated rings. The van der Waals surface area contributed by atoms with Gasteiger partial charge in [-0.25, -0.2) is 15.0 Å². The highest BCUT2D eigenvalue weighted by Crippen LogP contribution is 2.46. The van der Waals surface area contributed by atoms with Crippen LogP contribution in [0.2, 0.25) is 0 Å². The summed E-state index contributed by atoms with van der Waals surface area (Å²) < 4.78 is 11.5. The minimum atomic E-state index is 0.561. The summed E-state index contributed by atoms with van der Waals surface area (Å²) >= 11 is 0. The van der Waals surface area contributed by atoms with Crippen LogP contribution >= 0.6 is 0 Å². The number of rotatable bonds is 5. The van der Waals surface area contributed by atoms with E-state index in [0.717, 1.165) is 93.6 Å². The van der Waals surface area contributed by atoms with Crippen LogP contribution in [0.3, 0.4) is 0 Å². The lowest BCUT2D eigenvalue weighted by Gasteiger charge is -2.16. The number of nitrogens with zero attached hydrogens (tertiary/aromatic N) is 5. The number of hydrogen-bond donors (Lipinski definition) is 0. The normalized spacial score (nSPS) is 12.1. The van der Waals surface area contributed by atoms with E-state index in [4.69, 9.17) is 19.4 Å². The average Bonchev–Trinajstić information content (AvgIpc) is 4.07. The fourth-order valence-electron chi connectivity index (χ4n) is 11.0. The van der Waals surface area contributed by atoms with Gasteiger partial charge in [0.15, 0.2) is 17.5 Å². The summed E-state index contributed by atoms with van der Waals surface area (Å²) in [6.45, 7) is 0. The van der Waals surface area contributed by atoms with Crippen LogP contribution in [-0.2, 0) is 0 Å². The van der Waals surface area contributed by atoms with E-state index in [0.29, 0.717) is 17.5 Å². The molecule has 4 aromatic heterocycles. The Kier molecular flexibility index (Phi) is 7.97. The number of para-hydroxylation sites is 3. The van der Waals surface area contributed by atoms with Gasteiger partial charge in [0.05, 0.1) is 33.1 Å². The topological polar surface area (TPSA) is 61.7 Å². The number of benzene rings is 11.